The lowest BCUT2D eigenvalue weighted by molar-refractivity contribution is 0.182. The highest BCUT2D eigenvalue weighted by Gasteiger charge is 2.23. The van der Waals surface area contributed by atoms with E-state index < -0.39 is 0 Å². The number of benzene rings is 1. The van der Waals surface area contributed by atoms with Crippen LogP contribution in [0.3, 0.4) is 0 Å². The maximum atomic E-state index is 9.70. The first-order chi connectivity index (χ1) is 14.7. The van der Waals surface area contributed by atoms with Gasteiger partial charge in [0.15, 0.2) is 5.82 Å². The largest absolute Gasteiger partial charge is 0.393 e. The molecule has 148 valence electrons. The average molecular weight is 397 g/mol. The van der Waals surface area contributed by atoms with Gasteiger partial charge in [-0.15, -0.1) is 0 Å². The molecule has 5 rings (SSSR count). The van der Waals surface area contributed by atoms with Gasteiger partial charge in [0.1, 0.15) is 11.4 Å². The molecule has 0 radical (unpaired) electrons. The Kier molecular flexibility index (Phi) is 4.79. The Morgan fingerprint density at radius 2 is 1.97 bits per heavy atom. The molecular weight excluding hydrogens is 378 g/mol. The number of hydrogen-bond donors (Lipinski definition) is 3. The van der Waals surface area contributed by atoms with Gasteiger partial charge < -0.3 is 10.4 Å². The number of aliphatic hydroxyl groups excluding tert-OH is 1. The number of H-pyrrole nitrogens is 1. The number of anilines is 1. The molecule has 8 heteroatoms. The van der Waals surface area contributed by atoms with Gasteiger partial charge in [0.25, 0.3) is 0 Å². The number of fused-ring (bicyclic) bond motifs is 1. The SMILES string of the molecule is O[C@H]1CC[C@H](Nc2nccc(-c3nccc(C#Cc4ccc5[nH]ncc5c4)n3)n2)C1. The Bertz CT molecular complexity index is 1260. The van der Waals surface area contributed by atoms with Gasteiger partial charge in [-0.1, -0.05) is 5.92 Å². The molecule has 0 unspecified atom stereocenters. The topological polar surface area (TPSA) is 112 Å². The first-order valence-corrected chi connectivity index (χ1v) is 9.79. The number of hydrogen-bond acceptors (Lipinski definition) is 7. The number of rotatable bonds is 3. The molecule has 0 aliphatic heterocycles. The van der Waals surface area contributed by atoms with Gasteiger partial charge in [-0.05, 0) is 55.5 Å². The molecule has 1 aliphatic rings. The van der Waals surface area contributed by atoms with Crippen LogP contribution in [0.15, 0.2) is 48.9 Å². The molecule has 0 spiro atoms. The maximum absolute atomic E-state index is 9.70. The van der Waals surface area contributed by atoms with Crippen LogP contribution >= 0.6 is 0 Å². The van der Waals surface area contributed by atoms with Crippen molar-refractivity contribution < 1.29 is 5.11 Å². The Morgan fingerprint density at radius 1 is 1.03 bits per heavy atom. The van der Waals surface area contributed by atoms with Crippen LogP contribution in [0.4, 0.5) is 5.95 Å². The summed E-state index contributed by atoms with van der Waals surface area (Å²) in [5.74, 6) is 7.23. The zero-order valence-electron chi connectivity index (χ0n) is 16.1. The third-order valence-corrected chi connectivity index (χ3v) is 5.05. The van der Waals surface area contributed by atoms with E-state index in [0.29, 0.717) is 29.6 Å². The number of nitrogens with one attached hydrogen (secondary N) is 2. The number of aliphatic hydroxyl groups is 1. The lowest BCUT2D eigenvalue weighted by Crippen LogP contribution is -2.18. The Hall–Kier alpha value is -3.83. The van der Waals surface area contributed by atoms with Crippen LogP contribution in [0.25, 0.3) is 22.4 Å². The van der Waals surface area contributed by atoms with E-state index in [-0.39, 0.29) is 12.1 Å². The van der Waals surface area contributed by atoms with E-state index >= 15 is 0 Å². The van der Waals surface area contributed by atoms with Crippen molar-refractivity contribution in [3.05, 3.63) is 60.2 Å². The Labute approximate surface area is 172 Å². The van der Waals surface area contributed by atoms with Crippen molar-refractivity contribution in [2.24, 2.45) is 0 Å². The minimum atomic E-state index is -0.251. The molecule has 0 saturated heterocycles. The van der Waals surface area contributed by atoms with Gasteiger partial charge in [0.2, 0.25) is 5.95 Å². The van der Waals surface area contributed by atoms with Gasteiger partial charge in [-0.25, -0.2) is 19.9 Å². The first kappa shape index (κ1) is 18.2. The van der Waals surface area contributed by atoms with Crippen LogP contribution in [0.5, 0.6) is 0 Å². The van der Waals surface area contributed by atoms with Crippen LogP contribution < -0.4 is 5.32 Å². The molecule has 3 aromatic heterocycles. The summed E-state index contributed by atoms with van der Waals surface area (Å²) in [4.78, 5) is 17.7. The summed E-state index contributed by atoms with van der Waals surface area (Å²) in [5, 5.41) is 20.9. The normalized spacial score (nSPS) is 18.2. The highest BCUT2D eigenvalue weighted by Crippen LogP contribution is 2.22. The van der Waals surface area contributed by atoms with E-state index in [1.807, 2.05) is 18.2 Å². The van der Waals surface area contributed by atoms with Crippen molar-refractivity contribution >= 4 is 16.9 Å². The van der Waals surface area contributed by atoms with Gasteiger partial charge in [-0.2, -0.15) is 5.10 Å². The Balaban J connectivity index is 1.37. The molecule has 1 aliphatic carbocycles. The molecule has 3 heterocycles. The fourth-order valence-electron chi connectivity index (χ4n) is 3.53. The van der Waals surface area contributed by atoms with Crippen molar-refractivity contribution in [2.75, 3.05) is 5.32 Å². The van der Waals surface area contributed by atoms with Gasteiger partial charge in [0.05, 0.1) is 17.8 Å². The van der Waals surface area contributed by atoms with E-state index in [2.05, 4.69) is 47.3 Å². The fourth-order valence-corrected chi connectivity index (χ4v) is 3.53. The lowest BCUT2D eigenvalue weighted by atomic mass is 10.1. The molecule has 1 fully saturated rings. The molecule has 1 saturated carbocycles. The van der Waals surface area contributed by atoms with Crippen LogP contribution in [-0.2, 0) is 0 Å². The highest BCUT2D eigenvalue weighted by molar-refractivity contribution is 5.79. The predicted octanol–water partition coefficient (Wildman–Crippen LogP) is 2.54. The van der Waals surface area contributed by atoms with Crippen LogP contribution in [0.2, 0.25) is 0 Å². The molecule has 3 N–H and O–H groups in total. The second kappa shape index (κ2) is 7.89. The summed E-state index contributed by atoms with van der Waals surface area (Å²) in [7, 11) is 0. The summed E-state index contributed by atoms with van der Waals surface area (Å²) < 4.78 is 0. The summed E-state index contributed by atoms with van der Waals surface area (Å²) in [5.41, 5.74) is 3.09. The highest BCUT2D eigenvalue weighted by atomic mass is 16.3. The molecular formula is C22H19N7O. The minimum Gasteiger partial charge on any atom is -0.393 e. The Morgan fingerprint density at radius 3 is 2.87 bits per heavy atom. The monoisotopic (exact) mass is 397 g/mol. The zero-order valence-corrected chi connectivity index (χ0v) is 16.1. The van der Waals surface area contributed by atoms with Crippen molar-refractivity contribution in [1.82, 2.24) is 30.1 Å². The molecule has 1 aromatic carbocycles. The van der Waals surface area contributed by atoms with E-state index in [9.17, 15) is 5.11 Å². The second-order valence-electron chi connectivity index (χ2n) is 7.26. The van der Waals surface area contributed by atoms with Crippen molar-refractivity contribution in [3.8, 4) is 23.4 Å². The molecule has 8 nitrogen and oxygen atoms in total. The number of nitrogens with zero attached hydrogens (tertiary/aromatic N) is 5. The average Bonchev–Trinajstić information content (AvgIpc) is 3.41. The van der Waals surface area contributed by atoms with E-state index in [1.54, 1.807) is 30.7 Å². The van der Waals surface area contributed by atoms with E-state index in [0.717, 1.165) is 29.3 Å². The first-order valence-electron chi connectivity index (χ1n) is 9.79. The molecule has 4 aromatic rings. The van der Waals surface area contributed by atoms with Gasteiger partial charge in [-0.3, -0.25) is 5.10 Å². The summed E-state index contributed by atoms with van der Waals surface area (Å²) in [6.45, 7) is 0. The minimum absolute atomic E-state index is 0.181. The number of aromatic nitrogens is 6. The maximum Gasteiger partial charge on any atom is 0.223 e. The quantitative estimate of drug-likeness (QED) is 0.455. The molecule has 2 atom stereocenters. The van der Waals surface area contributed by atoms with E-state index in [1.165, 1.54) is 0 Å². The standard InChI is InChI=1S/C22H19N7O/c30-18-5-4-17(12-18)27-22-24-10-8-20(28-22)21-23-9-7-16(26-21)3-1-14-2-6-19-15(11-14)13-25-29-19/h2,6-11,13,17-18,30H,4-5,12H2,(H,25,29)(H,24,27,28)/t17-,18-/m0/s1. The summed E-state index contributed by atoms with van der Waals surface area (Å²) in [6.07, 6.45) is 7.29. The van der Waals surface area contributed by atoms with Crippen LogP contribution in [0.1, 0.15) is 30.5 Å². The predicted molar refractivity (Wildman–Crippen MR) is 112 cm³/mol. The third-order valence-electron chi connectivity index (χ3n) is 5.05. The summed E-state index contributed by atoms with van der Waals surface area (Å²) >= 11 is 0. The van der Waals surface area contributed by atoms with E-state index in [4.69, 9.17) is 0 Å². The number of aromatic amines is 1. The molecule has 0 amide bonds. The van der Waals surface area contributed by atoms with Gasteiger partial charge in [0, 0.05) is 29.4 Å². The molecule has 30 heavy (non-hydrogen) atoms. The second-order valence-corrected chi connectivity index (χ2v) is 7.26. The van der Waals surface area contributed by atoms with Gasteiger partial charge >= 0.3 is 0 Å². The smallest absolute Gasteiger partial charge is 0.223 e. The van der Waals surface area contributed by atoms with Crippen LogP contribution in [0, 0.1) is 11.8 Å². The van der Waals surface area contributed by atoms with Crippen molar-refractivity contribution in [3.63, 3.8) is 0 Å². The lowest BCUT2D eigenvalue weighted by Gasteiger charge is -2.12. The van der Waals surface area contributed by atoms with Crippen LogP contribution in [-0.4, -0.2) is 47.4 Å². The van der Waals surface area contributed by atoms with Crippen molar-refractivity contribution in [2.45, 2.75) is 31.4 Å². The zero-order chi connectivity index (χ0) is 20.3. The third kappa shape index (κ3) is 3.97. The molecule has 0 bridgehead atoms. The fraction of sp³-hybridized carbons (Fsp3) is 0.227. The van der Waals surface area contributed by atoms with Crippen molar-refractivity contribution in [1.29, 1.82) is 0 Å². The summed E-state index contributed by atoms with van der Waals surface area (Å²) in [6, 6.07) is 9.60.